The van der Waals surface area contributed by atoms with E-state index in [0.717, 1.165) is 12.8 Å². The second kappa shape index (κ2) is 5.52. The summed E-state index contributed by atoms with van der Waals surface area (Å²) in [6.07, 6.45) is 7.62. The van der Waals surface area contributed by atoms with Gasteiger partial charge in [0.15, 0.2) is 0 Å². The van der Waals surface area contributed by atoms with Crippen LogP contribution < -0.4 is 0 Å². The second-order valence-electron chi connectivity index (χ2n) is 5.64. The lowest BCUT2D eigenvalue weighted by molar-refractivity contribution is -0.142. The van der Waals surface area contributed by atoms with E-state index in [1.54, 1.807) is 9.80 Å². The van der Waals surface area contributed by atoms with Gasteiger partial charge in [-0.1, -0.05) is 12.8 Å². The Morgan fingerprint density at radius 1 is 1.42 bits per heavy atom. The molecule has 5 nitrogen and oxygen atoms in total. The van der Waals surface area contributed by atoms with Crippen molar-refractivity contribution in [1.82, 2.24) is 9.80 Å². The van der Waals surface area contributed by atoms with Crippen LogP contribution in [-0.2, 0) is 4.79 Å². The number of carboxylic acids is 1. The molecule has 0 aromatic rings. The molecule has 1 saturated heterocycles. The molecule has 5 heteroatoms. The van der Waals surface area contributed by atoms with Crippen LogP contribution in [0.1, 0.15) is 19.8 Å². The van der Waals surface area contributed by atoms with Crippen molar-refractivity contribution in [2.24, 2.45) is 17.8 Å². The molecule has 2 atom stereocenters. The molecule has 0 spiro atoms. The molecule has 0 aromatic carbocycles. The van der Waals surface area contributed by atoms with Crippen LogP contribution in [0.25, 0.3) is 0 Å². The monoisotopic (exact) mass is 264 g/mol. The Morgan fingerprint density at radius 2 is 2.11 bits per heavy atom. The number of nitrogens with zero attached hydrogens (tertiary/aromatic N) is 2. The van der Waals surface area contributed by atoms with Gasteiger partial charge in [-0.05, 0) is 24.7 Å². The number of carboxylic acid groups (broad SMARTS) is 1. The zero-order valence-corrected chi connectivity index (χ0v) is 11.2. The lowest BCUT2D eigenvalue weighted by Crippen LogP contribution is -2.43. The molecular weight excluding hydrogens is 244 g/mol. The van der Waals surface area contributed by atoms with Crippen LogP contribution in [0.4, 0.5) is 4.79 Å². The van der Waals surface area contributed by atoms with Gasteiger partial charge in [0, 0.05) is 19.6 Å². The van der Waals surface area contributed by atoms with E-state index in [0.29, 0.717) is 32.1 Å². The first kappa shape index (κ1) is 13.7. The number of carbonyl (C=O) groups excluding carboxylic acids is 1. The summed E-state index contributed by atoms with van der Waals surface area (Å²) in [5.74, 6) is 1.80. The highest BCUT2D eigenvalue weighted by molar-refractivity contribution is 5.78. The van der Waals surface area contributed by atoms with Gasteiger partial charge in [0.1, 0.15) is 0 Å². The van der Waals surface area contributed by atoms with Gasteiger partial charge in [0.05, 0.1) is 12.5 Å². The van der Waals surface area contributed by atoms with Gasteiger partial charge in [-0.25, -0.2) is 4.79 Å². The third-order valence-electron chi connectivity index (χ3n) is 3.93. The number of rotatable bonds is 4. The Morgan fingerprint density at radius 3 is 2.58 bits per heavy atom. The summed E-state index contributed by atoms with van der Waals surface area (Å²) >= 11 is 0. The highest BCUT2D eigenvalue weighted by Gasteiger charge is 2.39. The van der Waals surface area contributed by atoms with Crippen molar-refractivity contribution in [2.75, 3.05) is 26.2 Å². The number of hydrogen-bond donors (Lipinski definition) is 1. The minimum absolute atomic E-state index is 0.00457. The predicted octanol–water partition coefficient (Wildman–Crippen LogP) is 1.10. The van der Waals surface area contributed by atoms with E-state index in [1.165, 1.54) is 0 Å². The topological polar surface area (TPSA) is 60.9 Å². The third-order valence-corrected chi connectivity index (χ3v) is 3.93. The molecule has 2 unspecified atom stereocenters. The number of urea groups is 1. The van der Waals surface area contributed by atoms with E-state index in [1.807, 2.05) is 6.92 Å². The molecule has 1 saturated carbocycles. The van der Waals surface area contributed by atoms with Crippen molar-refractivity contribution in [3.8, 4) is 12.3 Å². The summed E-state index contributed by atoms with van der Waals surface area (Å²) in [6.45, 7) is 3.67. The SMILES string of the molecule is C#CCN(CC1CC1)C(=O)N1CC(C)C(C(=O)O)C1. The summed E-state index contributed by atoms with van der Waals surface area (Å²) in [5, 5.41) is 9.10. The smallest absolute Gasteiger partial charge is 0.320 e. The zero-order chi connectivity index (χ0) is 14.0. The lowest BCUT2D eigenvalue weighted by atomic mass is 9.99. The van der Waals surface area contributed by atoms with E-state index in [-0.39, 0.29) is 11.9 Å². The van der Waals surface area contributed by atoms with Gasteiger partial charge in [-0.2, -0.15) is 0 Å². The van der Waals surface area contributed by atoms with Crippen molar-refractivity contribution in [3.63, 3.8) is 0 Å². The number of aliphatic carboxylic acids is 1. The standard InChI is InChI=1S/C14H20N2O3/c1-3-6-15(8-11-4-5-11)14(19)16-7-10(2)12(9-16)13(17)18/h1,10-12H,4-9H2,2H3,(H,17,18). The fourth-order valence-corrected chi connectivity index (χ4v) is 2.58. The Labute approximate surface area is 113 Å². The van der Waals surface area contributed by atoms with Crippen LogP contribution in [0, 0.1) is 30.1 Å². The Balaban J connectivity index is 1.97. The maximum Gasteiger partial charge on any atom is 0.320 e. The molecule has 2 amide bonds. The normalized spacial score (nSPS) is 26.0. The van der Waals surface area contributed by atoms with Crippen molar-refractivity contribution in [3.05, 3.63) is 0 Å². The van der Waals surface area contributed by atoms with Gasteiger partial charge in [0.25, 0.3) is 0 Å². The van der Waals surface area contributed by atoms with E-state index in [4.69, 9.17) is 11.5 Å². The maximum absolute atomic E-state index is 12.4. The van der Waals surface area contributed by atoms with E-state index < -0.39 is 11.9 Å². The molecule has 1 aliphatic heterocycles. The Bertz CT molecular complexity index is 411. The average molecular weight is 264 g/mol. The molecule has 2 aliphatic rings. The fourth-order valence-electron chi connectivity index (χ4n) is 2.58. The first-order chi connectivity index (χ1) is 9.02. The lowest BCUT2D eigenvalue weighted by Gasteiger charge is -2.26. The largest absolute Gasteiger partial charge is 0.481 e. The first-order valence-electron chi connectivity index (χ1n) is 6.73. The van der Waals surface area contributed by atoms with E-state index in [9.17, 15) is 9.59 Å². The molecule has 2 rings (SSSR count). The number of amides is 2. The summed E-state index contributed by atoms with van der Waals surface area (Å²) in [6, 6.07) is -0.111. The summed E-state index contributed by atoms with van der Waals surface area (Å²) in [5.41, 5.74) is 0. The maximum atomic E-state index is 12.4. The van der Waals surface area contributed by atoms with Crippen molar-refractivity contribution < 1.29 is 14.7 Å². The number of terminal acetylenes is 1. The zero-order valence-electron chi connectivity index (χ0n) is 11.2. The van der Waals surface area contributed by atoms with E-state index >= 15 is 0 Å². The van der Waals surface area contributed by atoms with Gasteiger partial charge >= 0.3 is 12.0 Å². The van der Waals surface area contributed by atoms with Crippen LogP contribution in [0.3, 0.4) is 0 Å². The van der Waals surface area contributed by atoms with Crippen LogP contribution >= 0.6 is 0 Å². The van der Waals surface area contributed by atoms with Crippen LogP contribution in [0.5, 0.6) is 0 Å². The second-order valence-corrected chi connectivity index (χ2v) is 5.64. The summed E-state index contributed by atoms with van der Waals surface area (Å²) in [4.78, 5) is 26.8. The van der Waals surface area contributed by atoms with E-state index in [2.05, 4.69) is 5.92 Å². The van der Waals surface area contributed by atoms with Crippen molar-refractivity contribution in [2.45, 2.75) is 19.8 Å². The van der Waals surface area contributed by atoms with Gasteiger partial charge in [-0.15, -0.1) is 6.42 Å². The summed E-state index contributed by atoms with van der Waals surface area (Å²) < 4.78 is 0. The van der Waals surface area contributed by atoms with Crippen LogP contribution in [-0.4, -0.2) is 53.1 Å². The highest BCUT2D eigenvalue weighted by Crippen LogP contribution is 2.31. The molecule has 104 valence electrons. The third kappa shape index (κ3) is 3.19. The minimum Gasteiger partial charge on any atom is -0.481 e. The molecule has 0 bridgehead atoms. The van der Waals surface area contributed by atoms with Gasteiger partial charge in [0.2, 0.25) is 0 Å². The highest BCUT2D eigenvalue weighted by atomic mass is 16.4. The summed E-state index contributed by atoms with van der Waals surface area (Å²) in [7, 11) is 0. The Kier molecular flexibility index (Phi) is 3.98. The molecule has 1 heterocycles. The molecule has 19 heavy (non-hydrogen) atoms. The van der Waals surface area contributed by atoms with Gasteiger partial charge < -0.3 is 14.9 Å². The number of likely N-dealkylation sites (tertiary alicyclic amines) is 1. The first-order valence-corrected chi connectivity index (χ1v) is 6.73. The average Bonchev–Trinajstić information content (AvgIpc) is 3.08. The number of carbonyl (C=O) groups is 2. The van der Waals surface area contributed by atoms with Crippen molar-refractivity contribution >= 4 is 12.0 Å². The predicted molar refractivity (Wildman–Crippen MR) is 70.4 cm³/mol. The Hall–Kier alpha value is -1.70. The molecule has 0 radical (unpaired) electrons. The quantitative estimate of drug-likeness (QED) is 0.774. The fraction of sp³-hybridized carbons (Fsp3) is 0.714. The van der Waals surface area contributed by atoms with Crippen LogP contribution in [0.15, 0.2) is 0 Å². The van der Waals surface area contributed by atoms with Crippen molar-refractivity contribution in [1.29, 1.82) is 0 Å². The molecule has 2 fully saturated rings. The molecule has 1 N–H and O–H groups in total. The number of hydrogen-bond acceptors (Lipinski definition) is 2. The molecule has 1 aliphatic carbocycles. The molecule has 0 aromatic heterocycles. The van der Waals surface area contributed by atoms with Crippen LogP contribution in [0.2, 0.25) is 0 Å². The van der Waals surface area contributed by atoms with Gasteiger partial charge in [-0.3, -0.25) is 4.79 Å². The minimum atomic E-state index is -0.825. The molecular formula is C14H20N2O3.